The van der Waals surface area contributed by atoms with Gasteiger partial charge in [-0.25, -0.2) is 0 Å². The van der Waals surface area contributed by atoms with Crippen LogP contribution in [0.25, 0.3) is 0 Å². The quantitative estimate of drug-likeness (QED) is 0.852. The average molecular weight is 263 g/mol. The topological polar surface area (TPSA) is 29.9 Å². The van der Waals surface area contributed by atoms with Gasteiger partial charge in [0.05, 0.1) is 5.69 Å². The number of aromatic nitrogens is 2. The normalized spacial score (nSPS) is 25.1. The van der Waals surface area contributed by atoms with Crippen molar-refractivity contribution in [1.29, 1.82) is 0 Å². The lowest BCUT2D eigenvalue weighted by Crippen LogP contribution is -2.39. The average Bonchev–Trinajstić information content (AvgIpc) is 2.97. The van der Waals surface area contributed by atoms with Gasteiger partial charge in [0.15, 0.2) is 0 Å². The number of rotatable bonds is 6. The predicted octanol–water partition coefficient (Wildman–Crippen LogP) is 3.42. The summed E-state index contributed by atoms with van der Waals surface area (Å²) in [7, 11) is 0. The Hall–Kier alpha value is -0.830. The summed E-state index contributed by atoms with van der Waals surface area (Å²) in [5.74, 6) is 1.68. The van der Waals surface area contributed by atoms with Gasteiger partial charge < -0.3 is 5.32 Å². The van der Waals surface area contributed by atoms with Gasteiger partial charge in [0.2, 0.25) is 0 Å². The molecule has 108 valence electrons. The minimum Gasteiger partial charge on any atom is -0.314 e. The Morgan fingerprint density at radius 1 is 1.42 bits per heavy atom. The molecule has 1 saturated carbocycles. The zero-order valence-electron chi connectivity index (χ0n) is 12.9. The summed E-state index contributed by atoms with van der Waals surface area (Å²) in [4.78, 5) is 0. The second-order valence-electron chi connectivity index (χ2n) is 6.32. The summed E-state index contributed by atoms with van der Waals surface area (Å²) in [6, 6.07) is 3.24. The summed E-state index contributed by atoms with van der Waals surface area (Å²) in [5.41, 5.74) is 1.23. The summed E-state index contributed by atoms with van der Waals surface area (Å²) in [6.07, 6.45) is 7.36. The standard InChI is InChI=1S/C16H29N3/c1-5-17-16(15-8-6-7-13(15)4)11-14-9-10-19(18-14)12(2)3/h9-10,12-13,15-17H,5-8,11H2,1-4H3. The first kappa shape index (κ1) is 14.6. The molecule has 2 rings (SSSR count). The van der Waals surface area contributed by atoms with Crippen LogP contribution in [-0.2, 0) is 6.42 Å². The summed E-state index contributed by atoms with van der Waals surface area (Å²) < 4.78 is 2.07. The van der Waals surface area contributed by atoms with Crippen molar-refractivity contribution in [2.75, 3.05) is 6.54 Å². The van der Waals surface area contributed by atoms with Crippen molar-refractivity contribution in [2.24, 2.45) is 11.8 Å². The largest absolute Gasteiger partial charge is 0.314 e. The second-order valence-corrected chi connectivity index (χ2v) is 6.32. The van der Waals surface area contributed by atoms with Crippen LogP contribution in [0.1, 0.15) is 58.7 Å². The fourth-order valence-corrected chi connectivity index (χ4v) is 3.41. The fourth-order valence-electron chi connectivity index (χ4n) is 3.41. The molecule has 1 aliphatic rings. The molecular formula is C16H29N3. The van der Waals surface area contributed by atoms with E-state index in [1.807, 2.05) is 0 Å². The maximum Gasteiger partial charge on any atom is 0.0640 e. The SMILES string of the molecule is CCNC(Cc1ccn(C(C)C)n1)C1CCCC1C. The van der Waals surface area contributed by atoms with Crippen LogP contribution in [0.2, 0.25) is 0 Å². The van der Waals surface area contributed by atoms with Crippen LogP contribution < -0.4 is 5.32 Å². The third kappa shape index (κ3) is 3.59. The Morgan fingerprint density at radius 3 is 2.74 bits per heavy atom. The summed E-state index contributed by atoms with van der Waals surface area (Å²) >= 11 is 0. The Bertz CT molecular complexity index is 383. The van der Waals surface area contributed by atoms with Crippen molar-refractivity contribution in [1.82, 2.24) is 15.1 Å². The van der Waals surface area contributed by atoms with Gasteiger partial charge >= 0.3 is 0 Å². The lowest BCUT2D eigenvalue weighted by molar-refractivity contribution is 0.296. The van der Waals surface area contributed by atoms with Crippen molar-refractivity contribution in [3.8, 4) is 0 Å². The van der Waals surface area contributed by atoms with Crippen molar-refractivity contribution < 1.29 is 0 Å². The predicted molar refractivity (Wildman–Crippen MR) is 80.3 cm³/mol. The minimum absolute atomic E-state index is 0.455. The molecule has 3 atom stereocenters. The van der Waals surface area contributed by atoms with Crippen LogP contribution in [0.15, 0.2) is 12.3 Å². The van der Waals surface area contributed by atoms with E-state index < -0.39 is 0 Å². The van der Waals surface area contributed by atoms with Gasteiger partial charge in [0.1, 0.15) is 0 Å². The molecule has 19 heavy (non-hydrogen) atoms. The Kier molecular flexibility index (Phi) is 5.03. The third-order valence-electron chi connectivity index (χ3n) is 4.53. The number of nitrogens with one attached hydrogen (secondary N) is 1. The minimum atomic E-state index is 0.455. The van der Waals surface area contributed by atoms with Gasteiger partial charge in [0.25, 0.3) is 0 Å². The molecule has 3 unspecified atom stereocenters. The Balaban J connectivity index is 2.02. The van der Waals surface area contributed by atoms with E-state index in [-0.39, 0.29) is 0 Å². The lowest BCUT2D eigenvalue weighted by atomic mass is 9.87. The van der Waals surface area contributed by atoms with Crippen molar-refractivity contribution >= 4 is 0 Å². The van der Waals surface area contributed by atoms with Crippen molar-refractivity contribution in [3.05, 3.63) is 18.0 Å². The number of nitrogens with zero attached hydrogens (tertiary/aromatic N) is 2. The first-order valence-electron chi connectivity index (χ1n) is 7.89. The third-order valence-corrected chi connectivity index (χ3v) is 4.53. The molecule has 1 N–H and O–H groups in total. The van der Waals surface area contributed by atoms with Crippen molar-refractivity contribution in [2.45, 2.75) is 65.5 Å². The summed E-state index contributed by atoms with van der Waals surface area (Å²) in [6.45, 7) is 10.0. The molecule has 1 heterocycles. The van der Waals surface area contributed by atoms with E-state index in [1.165, 1.54) is 25.0 Å². The van der Waals surface area contributed by atoms with E-state index >= 15 is 0 Å². The molecule has 0 aliphatic heterocycles. The highest BCUT2D eigenvalue weighted by Gasteiger charge is 2.30. The van der Waals surface area contributed by atoms with E-state index in [2.05, 4.69) is 50.0 Å². The Labute approximate surface area is 117 Å². The number of likely N-dealkylation sites (N-methyl/N-ethyl adjacent to an activating group) is 1. The molecule has 0 aromatic carbocycles. The second kappa shape index (κ2) is 6.56. The van der Waals surface area contributed by atoms with E-state index in [0.717, 1.165) is 24.8 Å². The van der Waals surface area contributed by atoms with Crippen LogP contribution >= 0.6 is 0 Å². The monoisotopic (exact) mass is 263 g/mol. The first-order valence-corrected chi connectivity index (χ1v) is 7.89. The van der Waals surface area contributed by atoms with E-state index in [1.54, 1.807) is 0 Å². The number of hydrogen-bond acceptors (Lipinski definition) is 2. The molecule has 1 aliphatic carbocycles. The van der Waals surface area contributed by atoms with E-state index in [4.69, 9.17) is 5.10 Å². The van der Waals surface area contributed by atoms with Crippen molar-refractivity contribution in [3.63, 3.8) is 0 Å². The molecule has 0 bridgehead atoms. The van der Waals surface area contributed by atoms with Crippen LogP contribution in [0, 0.1) is 11.8 Å². The lowest BCUT2D eigenvalue weighted by Gasteiger charge is -2.27. The molecule has 1 fully saturated rings. The Morgan fingerprint density at radius 2 is 2.21 bits per heavy atom. The summed E-state index contributed by atoms with van der Waals surface area (Å²) in [5, 5.41) is 8.40. The molecule has 1 aromatic heterocycles. The van der Waals surface area contributed by atoms with Gasteiger partial charge in [-0.2, -0.15) is 5.10 Å². The van der Waals surface area contributed by atoms with E-state index in [9.17, 15) is 0 Å². The zero-order valence-corrected chi connectivity index (χ0v) is 12.9. The van der Waals surface area contributed by atoms with Crippen LogP contribution in [0.3, 0.4) is 0 Å². The smallest absolute Gasteiger partial charge is 0.0640 e. The van der Waals surface area contributed by atoms with Gasteiger partial charge in [-0.3, -0.25) is 4.68 Å². The molecule has 3 heteroatoms. The van der Waals surface area contributed by atoms with Gasteiger partial charge in [-0.05, 0) is 44.7 Å². The highest BCUT2D eigenvalue weighted by molar-refractivity contribution is 5.04. The molecule has 0 amide bonds. The highest BCUT2D eigenvalue weighted by atomic mass is 15.3. The number of hydrogen-bond donors (Lipinski definition) is 1. The zero-order chi connectivity index (χ0) is 13.8. The molecule has 3 nitrogen and oxygen atoms in total. The van der Waals surface area contributed by atoms with Crippen LogP contribution in [0.4, 0.5) is 0 Å². The van der Waals surface area contributed by atoms with Gasteiger partial charge in [0, 0.05) is 24.7 Å². The first-order chi connectivity index (χ1) is 9.11. The van der Waals surface area contributed by atoms with Crippen LogP contribution in [-0.4, -0.2) is 22.4 Å². The molecular weight excluding hydrogens is 234 g/mol. The maximum absolute atomic E-state index is 4.70. The molecule has 0 radical (unpaired) electrons. The molecule has 0 saturated heterocycles. The van der Waals surface area contributed by atoms with Gasteiger partial charge in [-0.1, -0.05) is 26.7 Å². The molecule has 1 aromatic rings. The maximum atomic E-state index is 4.70. The van der Waals surface area contributed by atoms with Gasteiger partial charge in [-0.15, -0.1) is 0 Å². The van der Waals surface area contributed by atoms with E-state index in [0.29, 0.717) is 12.1 Å². The highest BCUT2D eigenvalue weighted by Crippen LogP contribution is 2.34. The van der Waals surface area contributed by atoms with Crippen LogP contribution in [0.5, 0.6) is 0 Å². The fraction of sp³-hybridized carbons (Fsp3) is 0.812. The molecule has 0 spiro atoms.